The molecule has 1 aliphatic heterocycles. The molecule has 1 fully saturated rings. The largest absolute Gasteiger partial charge is 0.323 e. The Morgan fingerprint density at radius 2 is 2.28 bits per heavy atom. The van der Waals surface area contributed by atoms with Crippen LogP contribution in [0.15, 0.2) is 18.2 Å². The van der Waals surface area contributed by atoms with E-state index in [0.717, 1.165) is 11.6 Å². The van der Waals surface area contributed by atoms with E-state index in [2.05, 4.69) is 33.4 Å². The summed E-state index contributed by atoms with van der Waals surface area (Å²) >= 11 is 3.78. The fraction of sp³-hybridized carbons (Fsp3) is 0.500. The summed E-state index contributed by atoms with van der Waals surface area (Å²) in [5.41, 5.74) is 3.48. The van der Waals surface area contributed by atoms with Crippen molar-refractivity contribution in [2.75, 3.05) is 12.4 Å². The molecule has 0 bridgehead atoms. The van der Waals surface area contributed by atoms with Gasteiger partial charge in [-0.15, -0.1) is 0 Å². The number of nitrogens with one attached hydrogen (secondary N) is 1. The molecule has 1 saturated carbocycles. The predicted molar refractivity (Wildman–Crippen MR) is 75.9 cm³/mol. The average molecular weight is 309 g/mol. The van der Waals surface area contributed by atoms with E-state index in [4.69, 9.17) is 0 Å². The number of anilines is 1. The molecule has 96 valence electrons. The summed E-state index contributed by atoms with van der Waals surface area (Å²) in [6.07, 6.45) is 3.98. The standard InChI is InChI=1S/C14H17BrN2O/c1-17-8-11-7-10(12(15)6-9-2-3-9)4-5-13(11)16-14(17)18/h4-5,7,9,12H,2-3,6,8H2,1H3,(H,16,18). The summed E-state index contributed by atoms with van der Waals surface area (Å²) in [7, 11) is 1.82. The molecule has 1 atom stereocenters. The first kappa shape index (κ1) is 12.0. The van der Waals surface area contributed by atoms with E-state index in [1.807, 2.05) is 13.1 Å². The van der Waals surface area contributed by atoms with Crippen molar-refractivity contribution >= 4 is 27.6 Å². The molecule has 0 saturated heterocycles. The van der Waals surface area contributed by atoms with Crippen LogP contribution in [0, 0.1) is 5.92 Å². The highest BCUT2D eigenvalue weighted by Gasteiger charge is 2.26. The van der Waals surface area contributed by atoms with Gasteiger partial charge in [0.2, 0.25) is 0 Å². The zero-order valence-electron chi connectivity index (χ0n) is 10.4. The van der Waals surface area contributed by atoms with Crippen LogP contribution in [0.5, 0.6) is 0 Å². The molecular weight excluding hydrogens is 292 g/mol. The minimum atomic E-state index is -0.0244. The Kier molecular flexibility index (Phi) is 3.06. The van der Waals surface area contributed by atoms with E-state index in [1.54, 1.807) is 4.90 Å². The molecule has 0 aromatic heterocycles. The van der Waals surface area contributed by atoms with Gasteiger partial charge in [-0.3, -0.25) is 0 Å². The van der Waals surface area contributed by atoms with E-state index in [1.165, 1.54) is 30.4 Å². The van der Waals surface area contributed by atoms with Crippen LogP contribution in [0.4, 0.5) is 10.5 Å². The van der Waals surface area contributed by atoms with Gasteiger partial charge in [0.1, 0.15) is 0 Å². The summed E-state index contributed by atoms with van der Waals surface area (Å²) < 4.78 is 0. The fourth-order valence-electron chi connectivity index (χ4n) is 2.38. The van der Waals surface area contributed by atoms with Crippen molar-refractivity contribution in [2.24, 2.45) is 5.92 Å². The van der Waals surface area contributed by atoms with Crippen LogP contribution in [0.3, 0.4) is 0 Å². The van der Waals surface area contributed by atoms with Crippen LogP contribution in [0.25, 0.3) is 0 Å². The number of nitrogens with zero attached hydrogens (tertiary/aromatic N) is 1. The number of hydrogen-bond donors (Lipinski definition) is 1. The number of carbonyl (C=O) groups excluding carboxylic acids is 1. The molecule has 1 aromatic rings. The molecule has 3 rings (SSSR count). The van der Waals surface area contributed by atoms with E-state index in [0.29, 0.717) is 11.4 Å². The normalized spacial score (nSPS) is 20.3. The zero-order chi connectivity index (χ0) is 12.7. The Labute approximate surface area is 116 Å². The quantitative estimate of drug-likeness (QED) is 0.844. The maximum absolute atomic E-state index is 11.5. The third-order valence-electron chi connectivity index (χ3n) is 3.72. The number of alkyl halides is 1. The van der Waals surface area contributed by atoms with Crippen LogP contribution in [0.2, 0.25) is 0 Å². The number of halogens is 1. The first-order valence-electron chi connectivity index (χ1n) is 6.42. The Bertz CT molecular complexity index is 485. The van der Waals surface area contributed by atoms with Gasteiger partial charge in [0.05, 0.1) is 0 Å². The fourth-order valence-corrected chi connectivity index (χ4v) is 3.19. The van der Waals surface area contributed by atoms with Gasteiger partial charge in [0.25, 0.3) is 0 Å². The Hall–Kier alpha value is -1.03. The number of benzene rings is 1. The average Bonchev–Trinajstić information content (AvgIpc) is 3.14. The van der Waals surface area contributed by atoms with Crippen molar-refractivity contribution < 1.29 is 4.79 Å². The molecule has 3 nitrogen and oxygen atoms in total. The third kappa shape index (κ3) is 2.39. The topological polar surface area (TPSA) is 32.3 Å². The molecule has 1 aromatic carbocycles. The van der Waals surface area contributed by atoms with E-state index < -0.39 is 0 Å². The van der Waals surface area contributed by atoms with E-state index >= 15 is 0 Å². The number of fused-ring (bicyclic) bond motifs is 1. The lowest BCUT2D eigenvalue weighted by molar-refractivity contribution is 0.218. The van der Waals surface area contributed by atoms with Crippen LogP contribution < -0.4 is 5.32 Å². The molecule has 2 amide bonds. The van der Waals surface area contributed by atoms with E-state index in [9.17, 15) is 4.79 Å². The first-order valence-corrected chi connectivity index (χ1v) is 7.34. The minimum Gasteiger partial charge on any atom is -0.323 e. The smallest absolute Gasteiger partial charge is 0.321 e. The van der Waals surface area contributed by atoms with Gasteiger partial charge in [-0.05, 0) is 29.5 Å². The lowest BCUT2D eigenvalue weighted by atomic mass is 10.0. The van der Waals surface area contributed by atoms with Crippen molar-refractivity contribution in [3.05, 3.63) is 29.3 Å². The van der Waals surface area contributed by atoms with Gasteiger partial charge < -0.3 is 10.2 Å². The Morgan fingerprint density at radius 3 is 3.00 bits per heavy atom. The molecule has 1 N–H and O–H groups in total. The maximum atomic E-state index is 11.5. The lowest BCUT2D eigenvalue weighted by Gasteiger charge is -2.26. The summed E-state index contributed by atoms with van der Waals surface area (Å²) in [4.78, 5) is 13.7. The second-order valence-corrected chi connectivity index (χ2v) is 6.45. The second kappa shape index (κ2) is 4.57. The van der Waals surface area contributed by atoms with Crippen LogP contribution >= 0.6 is 15.9 Å². The highest BCUT2D eigenvalue weighted by molar-refractivity contribution is 9.09. The summed E-state index contributed by atoms with van der Waals surface area (Å²) in [5.74, 6) is 0.910. The lowest BCUT2D eigenvalue weighted by Crippen LogP contribution is -2.35. The van der Waals surface area contributed by atoms with Crippen molar-refractivity contribution in [1.82, 2.24) is 4.90 Å². The van der Waals surface area contributed by atoms with Gasteiger partial charge in [-0.25, -0.2) is 4.79 Å². The highest BCUT2D eigenvalue weighted by Crippen LogP contribution is 2.42. The van der Waals surface area contributed by atoms with Gasteiger partial charge in [-0.2, -0.15) is 0 Å². The first-order chi connectivity index (χ1) is 8.63. The molecule has 1 heterocycles. The van der Waals surface area contributed by atoms with E-state index in [-0.39, 0.29) is 6.03 Å². The van der Waals surface area contributed by atoms with Crippen LogP contribution in [-0.2, 0) is 6.54 Å². The number of hydrogen-bond acceptors (Lipinski definition) is 1. The van der Waals surface area contributed by atoms with Crippen molar-refractivity contribution in [3.8, 4) is 0 Å². The molecular formula is C14H17BrN2O. The summed E-state index contributed by atoms with van der Waals surface area (Å²) in [6, 6.07) is 6.33. The minimum absolute atomic E-state index is 0.0244. The van der Waals surface area contributed by atoms with Crippen LogP contribution in [-0.4, -0.2) is 18.0 Å². The Morgan fingerprint density at radius 1 is 1.50 bits per heavy atom. The molecule has 1 unspecified atom stereocenters. The summed E-state index contributed by atoms with van der Waals surface area (Å²) in [6.45, 7) is 0.693. The van der Waals surface area contributed by atoms with Gasteiger partial charge in [-0.1, -0.05) is 40.9 Å². The second-order valence-electron chi connectivity index (χ2n) is 5.35. The number of urea groups is 1. The van der Waals surface area contributed by atoms with Crippen molar-refractivity contribution in [1.29, 1.82) is 0 Å². The molecule has 0 spiro atoms. The van der Waals surface area contributed by atoms with Crippen molar-refractivity contribution in [3.63, 3.8) is 0 Å². The van der Waals surface area contributed by atoms with Gasteiger partial charge in [0.15, 0.2) is 0 Å². The SMILES string of the molecule is CN1Cc2cc(C(Br)CC3CC3)ccc2NC1=O. The van der Waals surface area contributed by atoms with Crippen LogP contribution in [0.1, 0.15) is 35.2 Å². The summed E-state index contributed by atoms with van der Waals surface area (Å²) in [5, 5.41) is 2.90. The number of amides is 2. The Balaban J connectivity index is 1.81. The highest BCUT2D eigenvalue weighted by atomic mass is 79.9. The maximum Gasteiger partial charge on any atom is 0.321 e. The monoisotopic (exact) mass is 308 g/mol. The number of carbonyl (C=O) groups is 1. The van der Waals surface area contributed by atoms with Gasteiger partial charge >= 0.3 is 6.03 Å². The molecule has 2 aliphatic rings. The predicted octanol–water partition coefficient (Wildman–Crippen LogP) is 3.90. The third-order valence-corrected chi connectivity index (χ3v) is 4.63. The molecule has 0 radical (unpaired) electrons. The van der Waals surface area contributed by atoms with Gasteiger partial charge in [0, 0.05) is 24.1 Å². The molecule has 1 aliphatic carbocycles. The number of rotatable bonds is 3. The molecule has 18 heavy (non-hydrogen) atoms. The van der Waals surface area contributed by atoms with Crippen molar-refractivity contribution in [2.45, 2.75) is 30.6 Å². The zero-order valence-corrected chi connectivity index (χ0v) is 12.0. The molecule has 4 heteroatoms.